The SMILES string of the molecule is CCOC(C)c1noc(C(C)C(C)=O)n1. The largest absolute Gasteiger partial charge is 0.371 e. The van der Waals surface area contributed by atoms with Crippen molar-refractivity contribution in [3.63, 3.8) is 0 Å². The second-order valence-electron chi connectivity index (χ2n) is 3.42. The van der Waals surface area contributed by atoms with Crippen molar-refractivity contribution >= 4 is 5.78 Å². The molecule has 2 atom stereocenters. The number of hydrogen-bond donors (Lipinski definition) is 0. The first-order valence-electron chi connectivity index (χ1n) is 5.01. The zero-order chi connectivity index (χ0) is 11.4. The van der Waals surface area contributed by atoms with Gasteiger partial charge in [0.2, 0.25) is 5.89 Å². The zero-order valence-corrected chi connectivity index (χ0v) is 9.48. The van der Waals surface area contributed by atoms with Crippen molar-refractivity contribution in [3.8, 4) is 0 Å². The molecular formula is C10H16N2O3. The van der Waals surface area contributed by atoms with E-state index in [0.717, 1.165) is 0 Å². The van der Waals surface area contributed by atoms with Crippen LogP contribution in [0.4, 0.5) is 0 Å². The van der Waals surface area contributed by atoms with Crippen LogP contribution < -0.4 is 0 Å². The molecule has 1 heterocycles. The Morgan fingerprint density at radius 3 is 2.73 bits per heavy atom. The molecule has 1 aromatic rings. The predicted molar refractivity (Wildman–Crippen MR) is 53.4 cm³/mol. The number of ether oxygens (including phenoxy) is 1. The van der Waals surface area contributed by atoms with E-state index in [9.17, 15) is 4.79 Å². The highest BCUT2D eigenvalue weighted by atomic mass is 16.5. The van der Waals surface area contributed by atoms with Gasteiger partial charge in [-0.15, -0.1) is 0 Å². The molecule has 1 rings (SSSR count). The van der Waals surface area contributed by atoms with E-state index in [0.29, 0.717) is 18.3 Å². The third-order valence-electron chi connectivity index (χ3n) is 2.22. The number of nitrogens with zero attached hydrogens (tertiary/aromatic N) is 2. The van der Waals surface area contributed by atoms with Crippen LogP contribution in [-0.2, 0) is 9.53 Å². The number of carbonyl (C=O) groups excluding carboxylic acids is 1. The monoisotopic (exact) mass is 212 g/mol. The summed E-state index contributed by atoms with van der Waals surface area (Å²) in [6.07, 6.45) is -0.202. The normalized spacial score (nSPS) is 14.9. The van der Waals surface area contributed by atoms with Crippen molar-refractivity contribution in [1.82, 2.24) is 10.1 Å². The maximum atomic E-state index is 11.1. The van der Waals surface area contributed by atoms with Gasteiger partial charge in [-0.1, -0.05) is 5.16 Å². The summed E-state index contributed by atoms with van der Waals surface area (Å²) in [5.74, 6) is 0.498. The summed E-state index contributed by atoms with van der Waals surface area (Å²) in [4.78, 5) is 15.2. The summed E-state index contributed by atoms with van der Waals surface area (Å²) in [5, 5.41) is 3.77. The zero-order valence-electron chi connectivity index (χ0n) is 9.48. The maximum Gasteiger partial charge on any atom is 0.237 e. The number of rotatable bonds is 5. The van der Waals surface area contributed by atoms with Gasteiger partial charge >= 0.3 is 0 Å². The minimum atomic E-state index is -0.347. The number of Topliss-reactive ketones (excluding diaryl/α,β-unsaturated/α-hetero) is 1. The molecule has 0 spiro atoms. The summed E-state index contributed by atoms with van der Waals surface area (Å²) < 4.78 is 10.3. The first-order valence-corrected chi connectivity index (χ1v) is 5.01. The summed E-state index contributed by atoms with van der Waals surface area (Å²) in [7, 11) is 0. The highest BCUT2D eigenvalue weighted by Gasteiger charge is 2.20. The Kier molecular flexibility index (Phi) is 3.96. The second-order valence-corrected chi connectivity index (χ2v) is 3.42. The Balaban J connectivity index is 2.75. The van der Waals surface area contributed by atoms with Gasteiger partial charge in [-0.05, 0) is 27.7 Å². The lowest BCUT2D eigenvalue weighted by atomic mass is 10.1. The fraction of sp³-hybridized carbons (Fsp3) is 0.700. The van der Waals surface area contributed by atoms with Crippen LogP contribution in [0.3, 0.4) is 0 Å². The second kappa shape index (κ2) is 5.02. The van der Waals surface area contributed by atoms with Gasteiger partial charge < -0.3 is 9.26 Å². The van der Waals surface area contributed by atoms with E-state index in [1.807, 2.05) is 13.8 Å². The average Bonchev–Trinajstić information content (AvgIpc) is 2.65. The first kappa shape index (κ1) is 11.8. The topological polar surface area (TPSA) is 65.2 Å². The molecule has 15 heavy (non-hydrogen) atoms. The molecule has 0 saturated heterocycles. The van der Waals surface area contributed by atoms with E-state index in [1.165, 1.54) is 6.92 Å². The molecule has 84 valence electrons. The first-order chi connectivity index (χ1) is 7.06. The molecule has 2 unspecified atom stereocenters. The van der Waals surface area contributed by atoms with Crippen molar-refractivity contribution in [3.05, 3.63) is 11.7 Å². The van der Waals surface area contributed by atoms with Gasteiger partial charge in [-0.2, -0.15) is 4.98 Å². The third kappa shape index (κ3) is 2.86. The van der Waals surface area contributed by atoms with Gasteiger partial charge in [0.15, 0.2) is 5.82 Å². The number of ketones is 1. The predicted octanol–water partition coefficient (Wildman–Crippen LogP) is 1.86. The highest BCUT2D eigenvalue weighted by molar-refractivity contribution is 5.81. The van der Waals surface area contributed by atoms with E-state index in [4.69, 9.17) is 9.26 Å². The Hall–Kier alpha value is -1.23. The van der Waals surface area contributed by atoms with Crippen LogP contribution in [0.2, 0.25) is 0 Å². The Bertz CT molecular complexity index is 335. The summed E-state index contributed by atoms with van der Waals surface area (Å²) >= 11 is 0. The highest BCUT2D eigenvalue weighted by Crippen LogP contribution is 2.18. The molecule has 0 fully saturated rings. The molecule has 5 nitrogen and oxygen atoms in total. The lowest BCUT2D eigenvalue weighted by Gasteiger charge is -2.05. The number of hydrogen-bond acceptors (Lipinski definition) is 5. The molecule has 0 aromatic carbocycles. The molecule has 0 N–H and O–H groups in total. The number of aromatic nitrogens is 2. The van der Waals surface area contributed by atoms with Gasteiger partial charge in [0, 0.05) is 6.61 Å². The van der Waals surface area contributed by atoms with Crippen molar-refractivity contribution < 1.29 is 14.1 Å². The van der Waals surface area contributed by atoms with E-state index in [-0.39, 0.29) is 17.8 Å². The molecule has 0 aliphatic carbocycles. The molecule has 0 radical (unpaired) electrons. The Morgan fingerprint density at radius 1 is 1.53 bits per heavy atom. The molecule has 0 aliphatic heterocycles. The molecule has 1 aromatic heterocycles. The number of carbonyl (C=O) groups is 1. The minimum Gasteiger partial charge on any atom is -0.371 e. The van der Waals surface area contributed by atoms with Crippen LogP contribution in [0.25, 0.3) is 0 Å². The van der Waals surface area contributed by atoms with Crippen LogP contribution in [0.15, 0.2) is 4.52 Å². The van der Waals surface area contributed by atoms with E-state index >= 15 is 0 Å². The smallest absolute Gasteiger partial charge is 0.237 e. The van der Waals surface area contributed by atoms with Crippen molar-refractivity contribution in [1.29, 1.82) is 0 Å². The fourth-order valence-corrected chi connectivity index (χ4v) is 1.09. The molecule has 0 saturated carbocycles. The average molecular weight is 212 g/mol. The van der Waals surface area contributed by atoms with Crippen molar-refractivity contribution in [2.75, 3.05) is 6.61 Å². The van der Waals surface area contributed by atoms with E-state index < -0.39 is 0 Å². The molecule has 5 heteroatoms. The third-order valence-corrected chi connectivity index (χ3v) is 2.22. The van der Waals surface area contributed by atoms with E-state index in [1.54, 1.807) is 6.92 Å². The lowest BCUT2D eigenvalue weighted by molar-refractivity contribution is -0.118. The summed E-state index contributed by atoms with van der Waals surface area (Å²) in [6.45, 7) is 7.57. The van der Waals surface area contributed by atoms with Crippen LogP contribution >= 0.6 is 0 Å². The van der Waals surface area contributed by atoms with Crippen molar-refractivity contribution in [2.24, 2.45) is 0 Å². The van der Waals surface area contributed by atoms with Gasteiger partial charge in [-0.25, -0.2) is 0 Å². The van der Waals surface area contributed by atoms with Gasteiger partial charge in [0.1, 0.15) is 11.9 Å². The lowest BCUT2D eigenvalue weighted by Crippen LogP contribution is -2.06. The van der Waals surface area contributed by atoms with Crippen LogP contribution in [0.1, 0.15) is 51.4 Å². The Morgan fingerprint density at radius 2 is 2.20 bits per heavy atom. The molecule has 0 aliphatic rings. The Labute approximate surface area is 88.8 Å². The fourth-order valence-electron chi connectivity index (χ4n) is 1.09. The maximum absolute atomic E-state index is 11.1. The van der Waals surface area contributed by atoms with Crippen molar-refractivity contribution in [2.45, 2.75) is 39.7 Å². The van der Waals surface area contributed by atoms with Crippen LogP contribution in [0, 0.1) is 0 Å². The minimum absolute atomic E-state index is 0.00858. The summed E-state index contributed by atoms with van der Waals surface area (Å²) in [5.41, 5.74) is 0. The summed E-state index contributed by atoms with van der Waals surface area (Å²) in [6, 6.07) is 0. The van der Waals surface area contributed by atoms with Gasteiger partial charge in [-0.3, -0.25) is 4.79 Å². The molecule has 0 amide bonds. The van der Waals surface area contributed by atoms with Crippen LogP contribution in [-0.4, -0.2) is 22.5 Å². The molecular weight excluding hydrogens is 196 g/mol. The quantitative estimate of drug-likeness (QED) is 0.745. The van der Waals surface area contributed by atoms with E-state index in [2.05, 4.69) is 10.1 Å². The van der Waals surface area contributed by atoms with Gasteiger partial charge in [0.25, 0.3) is 0 Å². The van der Waals surface area contributed by atoms with Gasteiger partial charge in [0.05, 0.1) is 5.92 Å². The van der Waals surface area contributed by atoms with Crippen LogP contribution in [0.5, 0.6) is 0 Å². The molecule has 0 bridgehead atoms. The standard InChI is InChI=1S/C10H16N2O3/c1-5-14-8(4)9-11-10(15-12-9)6(2)7(3)13/h6,8H,5H2,1-4H3.